The lowest BCUT2D eigenvalue weighted by molar-refractivity contribution is -0.139. The van der Waals surface area contributed by atoms with Crippen molar-refractivity contribution in [2.24, 2.45) is 5.73 Å². The van der Waals surface area contributed by atoms with E-state index >= 15 is 0 Å². The molecule has 0 spiro atoms. The van der Waals surface area contributed by atoms with Crippen LogP contribution in [0.5, 0.6) is 0 Å². The smallest absolute Gasteiger partial charge is 0.338 e. The number of nitriles is 1. The third kappa shape index (κ3) is 3.51. The number of rotatable bonds is 4. The van der Waals surface area contributed by atoms with Gasteiger partial charge in [0.1, 0.15) is 17.4 Å². The van der Waals surface area contributed by atoms with Crippen LogP contribution in [0.1, 0.15) is 25.3 Å². The molecule has 136 valence electrons. The summed E-state index contributed by atoms with van der Waals surface area (Å²) in [5.41, 5.74) is 7.80. The van der Waals surface area contributed by atoms with Crippen molar-refractivity contribution in [2.75, 3.05) is 6.61 Å². The second kappa shape index (κ2) is 7.70. The van der Waals surface area contributed by atoms with Crippen LogP contribution in [-0.4, -0.2) is 22.5 Å². The van der Waals surface area contributed by atoms with Crippen LogP contribution in [0.4, 0.5) is 0 Å². The Morgan fingerprint density at radius 2 is 2.07 bits per heavy atom. The van der Waals surface area contributed by atoms with Gasteiger partial charge in [-0.15, -0.1) is 0 Å². The molecule has 2 N–H and O–H groups in total. The summed E-state index contributed by atoms with van der Waals surface area (Å²) in [6, 6.07) is 11.1. The first kappa shape index (κ1) is 18.1. The highest BCUT2D eigenvalue weighted by molar-refractivity contribution is 5.92. The fraction of sp³-hybridized carbons (Fsp3) is 0.200. The summed E-state index contributed by atoms with van der Waals surface area (Å²) in [7, 11) is 0. The zero-order chi connectivity index (χ0) is 19.4. The third-order valence-corrected chi connectivity index (χ3v) is 4.14. The average Bonchev–Trinajstić information content (AvgIpc) is 2.68. The van der Waals surface area contributed by atoms with Crippen molar-refractivity contribution in [3.63, 3.8) is 0 Å². The van der Waals surface area contributed by atoms with Crippen molar-refractivity contribution in [1.82, 2.24) is 9.97 Å². The van der Waals surface area contributed by atoms with Gasteiger partial charge in [-0.05, 0) is 31.5 Å². The minimum atomic E-state index is -0.688. The van der Waals surface area contributed by atoms with Crippen molar-refractivity contribution >= 4 is 5.97 Å². The molecule has 2 aromatic rings. The molecular formula is C20H18N4O3. The topological polar surface area (TPSA) is 111 Å². The summed E-state index contributed by atoms with van der Waals surface area (Å²) in [4.78, 5) is 21.1. The molecule has 0 fully saturated rings. The number of nitrogens with two attached hydrogens (primary N) is 1. The van der Waals surface area contributed by atoms with Crippen molar-refractivity contribution in [3.05, 3.63) is 71.1 Å². The molecule has 1 aliphatic rings. The maximum absolute atomic E-state index is 12.6. The molecule has 1 aromatic heterocycles. The molecule has 7 nitrogen and oxygen atoms in total. The van der Waals surface area contributed by atoms with Crippen LogP contribution in [0.15, 0.2) is 65.5 Å². The molecule has 0 aliphatic carbocycles. The van der Waals surface area contributed by atoms with Crippen LogP contribution in [0, 0.1) is 11.3 Å². The molecule has 3 rings (SSSR count). The van der Waals surface area contributed by atoms with Crippen LogP contribution >= 0.6 is 0 Å². The van der Waals surface area contributed by atoms with Crippen molar-refractivity contribution in [2.45, 2.75) is 19.8 Å². The first-order valence-electron chi connectivity index (χ1n) is 8.39. The molecule has 7 heteroatoms. The Kier molecular flexibility index (Phi) is 5.18. The Balaban J connectivity index is 2.14. The largest absolute Gasteiger partial charge is 0.463 e. The summed E-state index contributed by atoms with van der Waals surface area (Å²) < 4.78 is 10.6. The summed E-state index contributed by atoms with van der Waals surface area (Å²) in [5.74, 6) is -0.390. The third-order valence-electron chi connectivity index (χ3n) is 4.14. The van der Waals surface area contributed by atoms with E-state index in [0.717, 1.165) is 5.56 Å². The van der Waals surface area contributed by atoms with Gasteiger partial charge in [-0.1, -0.05) is 18.2 Å². The lowest BCUT2D eigenvalue weighted by atomic mass is 9.82. The van der Waals surface area contributed by atoms with E-state index in [2.05, 4.69) is 16.0 Å². The molecule has 1 atom stereocenters. The Labute approximate surface area is 156 Å². The minimum Gasteiger partial charge on any atom is -0.463 e. The summed E-state index contributed by atoms with van der Waals surface area (Å²) in [6.45, 7) is 3.56. The number of aromatic nitrogens is 2. The quantitative estimate of drug-likeness (QED) is 0.832. The second-order valence-electron chi connectivity index (χ2n) is 5.81. The normalized spacial score (nSPS) is 16.6. The number of esters is 1. The molecule has 0 bridgehead atoms. The van der Waals surface area contributed by atoms with Gasteiger partial charge in [0.15, 0.2) is 5.82 Å². The Bertz CT molecular complexity index is 974. The number of nitrogens with zero attached hydrogens (tertiary/aromatic N) is 3. The molecular weight excluding hydrogens is 344 g/mol. The van der Waals surface area contributed by atoms with Crippen LogP contribution in [0.3, 0.4) is 0 Å². The van der Waals surface area contributed by atoms with E-state index in [-0.39, 0.29) is 23.6 Å². The summed E-state index contributed by atoms with van der Waals surface area (Å²) in [5, 5.41) is 9.63. The van der Waals surface area contributed by atoms with Crippen molar-refractivity contribution in [1.29, 1.82) is 5.26 Å². The maximum Gasteiger partial charge on any atom is 0.338 e. The van der Waals surface area contributed by atoms with E-state index in [1.165, 1.54) is 0 Å². The molecule has 0 saturated carbocycles. The zero-order valence-corrected chi connectivity index (χ0v) is 15.0. The van der Waals surface area contributed by atoms with E-state index in [0.29, 0.717) is 17.1 Å². The predicted molar refractivity (Wildman–Crippen MR) is 97.5 cm³/mol. The number of ether oxygens (including phenoxy) is 2. The van der Waals surface area contributed by atoms with Gasteiger partial charge in [-0.2, -0.15) is 5.26 Å². The Hall–Kier alpha value is -3.66. The monoisotopic (exact) mass is 362 g/mol. The highest BCUT2D eigenvalue weighted by atomic mass is 16.5. The lowest BCUT2D eigenvalue weighted by Crippen LogP contribution is -2.25. The molecule has 27 heavy (non-hydrogen) atoms. The second-order valence-corrected chi connectivity index (χ2v) is 5.81. The van der Waals surface area contributed by atoms with E-state index in [1.54, 1.807) is 32.3 Å². The number of benzene rings is 1. The van der Waals surface area contributed by atoms with Crippen molar-refractivity contribution in [3.8, 4) is 17.5 Å². The first-order valence-corrected chi connectivity index (χ1v) is 8.39. The van der Waals surface area contributed by atoms with Gasteiger partial charge in [0.05, 0.1) is 18.1 Å². The Morgan fingerprint density at radius 1 is 1.33 bits per heavy atom. The van der Waals surface area contributed by atoms with Crippen LogP contribution in [0.2, 0.25) is 0 Å². The maximum atomic E-state index is 12.6. The molecule has 1 aromatic carbocycles. The molecule has 0 saturated heterocycles. The number of carbonyl (C=O) groups excluding carboxylic acids is 1. The lowest BCUT2D eigenvalue weighted by Gasteiger charge is -2.27. The number of carbonyl (C=O) groups is 1. The molecule has 2 heterocycles. The van der Waals surface area contributed by atoms with E-state index in [1.807, 2.05) is 24.3 Å². The fourth-order valence-corrected chi connectivity index (χ4v) is 2.99. The average molecular weight is 362 g/mol. The van der Waals surface area contributed by atoms with Gasteiger partial charge in [-0.25, -0.2) is 14.8 Å². The van der Waals surface area contributed by atoms with Gasteiger partial charge < -0.3 is 15.2 Å². The highest BCUT2D eigenvalue weighted by Gasteiger charge is 2.36. The van der Waals surface area contributed by atoms with E-state index < -0.39 is 11.9 Å². The molecule has 1 unspecified atom stereocenters. The zero-order valence-electron chi connectivity index (χ0n) is 15.0. The van der Waals surface area contributed by atoms with Crippen molar-refractivity contribution < 1.29 is 14.3 Å². The van der Waals surface area contributed by atoms with Gasteiger partial charge >= 0.3 is 5.97 Å². The van der Waals surface area contributed by atoms with Gasteiger partial charge in [-0.3, -0.25) is 0 Å². The summed E-state index contributed by atoms with van der Waals surface area (Å²) >= 11 is 0. The van der Waals surface area contributed by atoms with Crippen LogP contribution < -0.4 is 5.73 Å². The fourth-order valence-electron chi connectivity index (χ4n) is 2.99. The van der Waals surface area contributed by atoms with Crippen LogP contribution in [0.25, 0.3) is 11.4 Å². The van der Waals surface area contributed by atoms with Gasteiger partial charge in [0, 0.05) is 18.0 Å². The highest BCUT2D eigenvalue weighted by Crippen LogP contribution is 2.40. The Morgan fingerprint density at radius 3 is 2.74 bits per heavy atom. The van der Waals surface area contributed by atoms with Gasteiger partial charge in [0.25, 0.3) is 0 Å². The predicted octanol–water partition coefficient (Wildman–Crippen LogP) is 2.79. The van der Waals surface area contributed by atoms with Crippen LogP contribution in [-0.2, 0) is 14.3 Å². The first-order chi connectivity index (χ1) is 13.1. The number of hydrogen-bond acceptors (Lipinski definition) is 7. The number of allylic oxidation sites excluding steroid dienone is 2. The van der Waals surface area contributed by atoms with E-state index in [9.17, 15) is 10.1 Å². The van der Waals surface area contributed by atoms with E-state index in [4.69, 9.17) is 15.2 Å². The molecule has 0 radical (unpaired) electrons. The molecule has 0 amide bonds. The van der Waals surface area contributed by atoms with Gasteiger partial charge in [0.2, 0.25) is 5.88 Å². The number of hydrogen-bond donors (Lipinski definition) is 1. The standard InChI is InChI=1S/C20H18N4O3/c1-3-26-20(25)16-12(2)27-18(22)15(11-21)17(16)13-6-4-7-14(10-13)19-23-8-5-9-24-19/h4-10,17H,3,22H2,1-2H3. The SMILES string of the molecule is CCOC(=O)C1=C(C)OC(N)=C(C#N)C1c1cccc(-c2ncccn2)c1. The summed E-state index contributed by atoms with van der Waals surface area (Å²) in [6.07, 6.45) is 3.30. The minimum absolute atomic E-state index is 0.0191. The molecule has 1 aliphatic heterocycles.